The third-order valence-electron chi connectivity index (χ3n) is 5.35. The first kappa shape index (κ1) is 22.0. The maximum absolute atomic E-state index is 13.4. The van der Waals surface area contributed by atoms with Gasteiger partial charge in [0.15, 0.2) is 0 Å². The molecule has 7 nitrogen and oxygen atoms in total. The van der Waals surface area contributed by atoms with Gasteiger partial charge in [-0.1, -0.05) is 43.4 Å². The molecule has 31 heavy (non-hydrogen) atoms. The van der Waals surface area contributed by atoms with Crippen molar-refractivity contribution in [3.05, 3.63) is 45.2 Å². The lowest BCUT2D eigenvalue weighted by atomic mass is 10.2. The second kappa shape index (κ2) is 9.10. The third kappa shape index (κ3) is 4.40. The van der Waals surface area contributed by atoms with Gasteiger partial charge in [-0.3, -0.25) is 18.9 Å². The Labute approximate surface area is 191 Å². The molecule has 4 heterocycles. The van der Waals surface area contributed by atoms with E-state index in [4.69, 9.17) is 21.9 Å². The largest absolute Gasteiger partial charge is 0.372 e. The first-order chi connectivity index (χ1) is 14.9. The number of hydrogen-bond donors (Lipinski definition) is 0. The van der Waals surface area contributed by atoms with Crippen LogP contribution in [-0.4, -0.2) is 56.4 Å². The van der Waals surface area contributed by atoms with Crippen LogP contribution in [0.25, 0.3) is 11.7 Å². The quantitative estimate of drug-likeness (QED) is 0.503. The predicted octanol–water partition coefficient (Wildman–Crippen LogP) is 3.31. The van der Waals surface area contributed by atoms with Crippen LogP contribution >= 0.6 is 24.0 Å². The number of anilines is 1. The third-order valence-corrected chi connectivity index (χ3v) is 6.73. The summed E-state index contributed by atoms with van der Waals surface area (Å²) in [5.41, 5.74) is 0.772. The van der Waals surface area contributed by atoms with E-state index in [9.17, 15) is 9.59 Å². The Balaban J connectivity index is 1.82. The molecule has 2 aromatic rings. The van der Waals surface area contributed by atoms with E-state index in [0.29, 0.717) is 45.9 Å². The fourth-order valence-electron chi connectivity index (χ4n) is 3.95. The SMILES string of the molecule is CCCCN1C(=O)/C(=C\c2c(N3CC(C)OC(C)C3)nc3ccccn3c2=O)SC1=S. The normalized spacial score (nSPS) is 23.4. The molecule has 0 spiro atoms. The number of aromatic nitrogens is 2. The van der Waals surface area contributed by atoms with Crippen molar-refractivity contribution in [3.8, 4) is 0 Å². The summed E-state index contributed by atoms with van der Waals surface area (Å²) in [7, 11) is 0. The van der Waals surface area contributed by atoms with Crippen LogP contribution in [0.1, 0.15) is 39.2 Å². The van der Waals surface area contributed by atoms with Gasteiger partial charge in [-0.2, -0.15) is 0 Å². The number of carbonyl (C=O) groups excluding carboxylic acids is 1. The van der Waals surface area contributed by atoms with Gasteiger partial charge in [-0.15, -0.1) is 0 Å². The number of nitrogens with zero attached hydrogens (tertiary/aromatic N) is 4. The Kier molecular flexibility index (Phi) is 6.45. The molecule has 0 aliphatic carbocycles. The average molecular weight is 459 g/mol. The van der Waals surface area contributed by atoms with E-state index in [1.54, 1.807) is 23.2 Å². The van der Waals surface area contributed by atoms with E-state index in [0.717, 1.165) is 12.8 Å². The zero-order valence-corrected chi connectivity index (χ0v) is 19.5. The lowest BCUT2D eigenvalue weighted by Gasteiger charge is -2.36. The van der Waals surface area contributed by atoms with Crippen molar-refractivity contribution in [1.29, 1.82) is 0 Å². The van der Waals surface area contributed by atoms with Gasteiger partial charge in [0.25, 0.3) is 11.5 Å². The zero-order chi connectivity index (χ0) is 22.1. The molecule has 2 aliphatic rings. The number of thiocarbonyl (C=S) groups is 1. The van der Waals surface area contributed by atoms with E-state index >= 15 is 0 Å². The fourth-order valence-corrected chi connectivity index (χ4v) is 5.24. The van der Waals surface area contributed by atoms with Gasteiger partial charge in [0.2, 0.25) is 0 Å². The smallest absolute Gasteiger partial charge is 0.267 e. The molecule has 1 amide bonds. The van der Waals surface area contributed by atoms with Gasteiger partial charge in [-0.05, 0) is 38.5 Å². The van der Waals surface area contributed by atoms with Crippen LogP contribution in [0.15, 0.2) is 34.1 Å². The van der Waals surface area contributed by atoms with E-state index in [1.807, 2.05) is 26.0 Å². The zero-order valence-electron chi connectivity index (χ0n) is 17.9. The van der Waals surface area contributed by atoms with Crippen LogP contribution in [-0.2, 0) is 9.53 Å². The van der Waals surface area contributed by atoms with Crippen LogP contribution < -0.4 is 10.5 Å². The monoisotopic (exact) mass is 458 g/mol. The molecule has 0 radical (unpaired) electrons. The summed E-state index contributed by atoms with van der Waals surface area (Å²) in [6, 6.07) is 5.46. The molecule has 0 saturated carbocycles. The van der Waals surface area contributed by atoms with Crippen molar-refractivity contribution in [1.82, 2.24) is 14.3 Å². The van der Waals surface area contributed by atoms with Crippen molar-refractivity contribution in [3.63, 3.8) is 0 Å². The van der Waals surface area contributed by atoms with Crippen molar-refractivity contribution in [2.45, 2.75) is 45.8 Å². The Morgan fingerprint density at radius 3 is 2.71 bits per heavy atom. The van der Waals surface area contributed by atoms with E-state index in [-0.39, 0.29) is 23.7 Å². The van der Waals surface area contributed by atoms with Gasteiger partial charge in [0.05, 0.1) is 22.7 Å². The maximum atomic E-state index is 13.4. The Morgan fingerprint density at radius 2 is 2.00 bits per heavy atom. The van der Waals surface area contributed by atoms with Crippen LogP contribution in [0.2, 0.25) is 0 Å². The summed E-state index contributed by atoms with van der Waals surface area (Å²) < 4.78 is 7.91. The number of pyridine rings is 1. The molecule has 2 atom stereocenters. The number of unbranched alkanes of at least 4 members (excludes halogenated alkanes) is 1. The highest BCUT2D eigenvalue weighted by Gasteiger charge is 2.33. The topological polar surface area (TPSA) is 67.2 Å². The second-order valence-electron chi connectivity index (χ2n) is 7.93. The van der Waals surface area contributed by atoms with Crippen molar-refractivity contribution < 1.29 is 9.53 Å². The highest BCUT2D eigenvalue weighted by molar-refractivity contribution is 8.26. The second-order valence-corrected chi connectivity index (χ2v) is 9.61. The minimum atomic E-state index is -0.203. The van der Waals surface area contributed by atoms with Crippen molar-refractivity contribution in [2.24, 2.45) is 0 Å². The molecule has 2 aliphatic heterocycles. The van der Waals surface area contributed by atoms with Gasteiger partial charge in [-0.25, -0.2) is 4.98 Å². The Bertz CT molecular complexity index is 1100. The van der Waals surface area contributed by atoms with Crippen LogP contribution in [0, 0.1) is 0 Å². The summed E-state index contributed by atoms with van der Waals surface area (Å²) in [6.07, 6.45) is 5.25. The first-order valence-corrected chi connectivity index (χ1v) is 11.8. The first-order valence-electron chi connectivity index (χ1n) is 10.6. The van der Waals surface area contributed by atoms with Crippen molar-refractivity contribution >= 4 is 51.7 Å². The molecule has 2 fully saturated rings. The molecular weight excluding hydrogens is 432 g/mol. The molecule has 164 valence electrons. The van der Waals surface area contributed by atoms with Crippen LogP contribution in [0.3, 0.4) is 0 Å². The Hall–Kier alpha value is -2.23. The van der Waals surface area contributed by atoms with Gasteiger partial charge in [0, 0.05) is 25.8 Å². The number of ether oxygens (including phenoxy) is 1. The summed E-state index contributed by atoms with van der Waals surface area (Å²) in [6.45, 7) is 7.94. The van der Waals surface area contributed by atoms with Gasteiger partial charge >= 0.3 is 0 Å². The summed E-state index contributed by atoms with van der Waals surface area (Å²) in [5, 5.41) is 0. The molecule has 0 N–H and O–H groups in total. The molecule has 9 heteroatoms. The number of rotatable bonds is 5. The highest BCUT2D eigenvalue weighted by atomic mass is 32.2. The highest BCUT2D eigenvalue weighted by Crippen LogP contribution is 2.34. The van der Waals surface area contributed by atoms with Crippen molar-refractivity contribution in [2.75, 3.05) is 24.5 Å². The number of hydrogen-bond acceptors (Lipinski definition) is 7. The van der Waals surface area contributed by atoms with Crippen LogP contribution in [0.5, 0.6) is 0 Å². The molecule has 0 aromatic carbocycles. The molecule has 2 unspecified atom stereocenters. The molecular formula is C22H26N4O3S2. The minimum absolute atomic E-state index is 0.0138. The molecule has 2 saturated heterocycles. The lowest BCUT2D eigenvalue weighted by molar-refractivity contribution is -0.122. The molecule has 0 bridgehead atoms. The number of morpholine rings is 1. The standard InChI is InChI=1S/C22H26N4O3S2/c1-4-5-9-26-21(28)17(31-22(26)30)11-16-19(24-12-14(2)29-15(3)13-24)23-18-8-6-7-10-25(18)20(16)27/h6-8,10-11,14-15H,4-5,9,12-13H2,1-3H3/b17-11+. The van der Waals surface area contributed by atoms with Crippen LogP contribution in [0.4, 0.5) is 5.82 Å². The number of fused-ring (bicyclic) bond motifs is 1. The predicted molar refractivity (Wildman–Crippen MR) is 128 cm³/mol. The number of amides is 1. The van der Waals surface area contributed by atoms with E-state index in [2.05, 4.69) is 11.8 Å². The number of carbonyl (C=O) groups is 1. The van der Waals surface area contributed by atoms with E-state index < -0.39 is 0 Å². The van der Waals surface area contributed by atoms with Gasteiger partial charge < -0.3 is 9.64 Å². The molecule has 2 aromatic heterocycles. The minimum Gasteiger partial charge on any atom is -0.372 e. The van der Waals surface area contributed by atoms with Gasteiger partial charge in [0.1, 0.15) is 15.8 Å². The fraction of sp³-hybridized carbons (Fsp3) is 0.455. The summed E-state index contributed by atoms with van der Waals surface area (Å²) >= 11 is 6.67. The maximum Gasteiger partial charge on any atom is 0.267 e. The summed E-state index contributed by atoms with van der Waals surface area (Å²) in [4.78, 5) is 35.4. The average Bonchev–Trinajstić information content (AvgIpc) is 3.00. The van der Waals surface area contributed by atoms with E-state index in [1.165, 1.54) is 16.2 Å². The summed E-state index contributed by atoms with van der Waals surface area (Å²) in [5.74, 6) is 0.438. The lowest BCUT2D eigenvalue weighted by Crippen LogP contribution is -2.46. The Morgan fingerprint density at radius 1 is 1.26 bits per heavy atom. The number of thioether (sulfide) groups is 1. The molecule has 4 rings (SSSR count).